The molecule has 0 aliphatic rings. The molecule has 0 fully saturated rings. The van der Waals surface area contributed by atoms with Crippen molar-refractivity contribution in [3.05, 3.63) is 71.6 Å². The molecule has 1 heterocycles. The van der Waals surface area contributed by atoms with E-state index in [9.17, 15) is 0 Å². The molecule has 0 unspecified atom stereocenters. The molecule has 0 saturated heterocycles. The molecule has 2 aromatic carbocycles. The number of rotatable bonds is 7. The molecular weight excluding hydrogens is 286 g/mol. The van der Waals surface area contributed by atoms with Gasteiger partial charge in [0.05, 0.1) is 6.54 Å². The van der Waals surface area contributed by atoms with E-state index >= 15 is 0 Å². The largest absolute Gasteiger partial charge is 0.419 e. The number of hydrogen-bond donors (Lipinski definition) is 1. The summed E-state index contributed by atoms with van der Waals surface area (Å²) in [7, 11) is 0. The van der Waals surface area contributed by atoms with Crippen LogP contribution in [0.5, 0.6) is 0 Å². The van der Waals surface area contributed by atoms with Crippen LogP contribution in [0.25, 0.3) is 11.5 Å². The summed E-state index contributed by atoms with van der Waals surface area (Å²) in [5, 5.41) is 11.5. The smallest absolute Gasteiger partial charge is 0.247 e. The van der Waals surface area contributed by atoms with Gasteiger partial charge in [0.25, 0.3) is 0 Å². The highest BCUT2D eigenvalue weighted by Crippen LogP contribution is 2.18. The topological polar surface area (TPSA) is 51.0 Å². The summed E-state index contributed by atoms with van der Waals surface area (Å²) < 4.78 is 5.69. The van der Waals surface area contributed by atoms with Gasteiger partial charge < -0.3 is 9.73 Å². The molecule has 0 radical (unpaired) electrons. The van der Waals surface area contributed by atoms with Gasteiger partial charge in [-0.3, -0.25) is 0 Å². The summed E-state index contributed by atoms with van der Waals surface area (Å²) in [6.45, 7) is 3.59. The molecule has 3 aromatic rings. The zero-order chi connectivity index (χ0) is 15.9. The highest BCUT2D eigenvalue weighted by molar-refractivity contribution is 5.52. The van der Waals surface area contributed by atoms with Gasteiger partial charge >= 0.3 is 0 Å². The second-order valence-electron chi connectivity index (χ2n) is 5.63. The van der Waals surface area contributed by atoms with Crippen LogP contribution >= 0.6 is 0 Å². The van der Waals surface area contributed by atoms with E-state index in [1.165, 1.54) is 11.1 Å². The lowest BCUT2D eigenvalue weighted by molar-refractivity contribution is 0.475. The van der Waals surface area contributed by atoms with Crippen LogP contribution in [0.15, 0.2) is 59.0 Å². The molecule has 0 spiro atoms. The van der Waals surface area contributed by atoms with Crippen LogP contribution in [-0.2, 0) is 13.0 Å². The molecule has 0 aliphatic heterocycles. The normalized spacial score (nSPS) is 10.8. The minimum atomic E-state index is 0.575. The van der Waals surface area contributed by atoms with Crippen molar-refractivity contribution in [2.75, 3.05) is 6.54 Å². The average molecular weight is 307 g/mol. The fourth-order valence-electron chi connectivity index (χ4n) is 2.40. The molecule has 3 rings (SSSR count). The quantitative estimate of drug-likeness (QED) is 0.675. The molecule has 0 amide bonds. The number of nitrogens with zero attached hydrogens (tertiary/aromatic N) is 2. The first-order chi connectivity index (χ1) is 11.3. The Morgan fingerprint density at radius 1 is 0.957 bits per heavy atom. The summed E-state index contributed by atoms with van der Waals surface area (Å²) in [5.74, 6) is 1.20. The van der Waals surface area contributed by atoms with Crippen LogP contribution in [0.1, 0.15) is 23.4 Å². The third kappa shape index (κ3) is 4.50. The van der Waals surface area contributed by atoms with E-state index in [0.29, 0.717) is 18.3 Å². The first kappa shape index (κ1) is 15.4. The number of hydrogen-bond acceptors (Lipinski definition) is 4. The maximum Gasteiger partial charge on any atom is 0.247 e. The third-order valence-electron chi connectivity index (χ3n) is 3.70. The summed E-state index contributed by atoms with van der Waals surface area (Å²) in [6, 6.07) is 18.6. The zero-order valence-electron chi connectivity index (χ0n) is 13.3. The standard InChI is InChI=1S/C19H21N3O/c1-15-9-11-17(12-10-15)19-22-21-18(23-19)14-20-13-5-8-16-6-3-2-4-7-16/h2-4,6-7,9-12,20H,5,8,13-14H2,1H3. The Kier molecular flexibility index (Phi) is 5.17. The fraction of sp³-hybridized carbons (Fsp3) is 0.263. The van der Waals surface area contributed by atoms with Crippen LogP contribution in [0.2, 0.25) is 0 Å². The van der Waals surface area contributed by atoms with Crippen molar-refractivity contribution in [2.45, 2.75) is 26.3 Å². The van der Waals surface area contributed by atoms with Gasteiger partial charge in [0.1, 0.15) is 0 Å². The van der Waals surface area contributed by atoms with Crippen LogP contribution in [-0.4, -0.2) is 16.7 Å². The number of aryl methyl sites for hydroxylation is 2. The van der Waals surface area contributed by atoms with Gasteiger partial charge in [-0.25, -0.2) is 0 Å². The summed E-state index contributed by atoms with van der Waals surface area (Å²) in [6.07, 6.45) is 2.16. The lowest BCUT2D eigenvalue weighted by Crippen LogP contribution is -2.15. The Hall–Kier alpha value is -2.46. The van der Waals surface area contributed by atoms with Crippen molar-refractivity contribution in [2.24, 2.45) is 0 Å². The molecular formula is C19H21N3O. The minimum Gasteiger partial charge on any atom is -0.419 e. The van der Waals surface area contributed by atoms with E-state index in [1.807, 2.05) is 30.3 Å². The van der Waals surface area contributed by atoms with E-state index in [1.54, 1.807) is 0 Å². The SMILES string of the molecule is Cc1ccc(-c2nnc(CNCCCc3ccccc3)o2)cc1. The van der Waals surface area contributed by atoms with Gasteiger partial charge in [-0.15, -0.1) is 10.2 Å². The monoisotopic (exact) mass is 307 g/mol. The molecule has 1 N–H and O–H groups in total. The fourth-order valence-corrected chi connectivity index (χ4v) is 2.40. The second-order valence-corrected chi connectivity index (χ2v) is 5.63. The Morgan fingerprint density at radius 3 is 2.52 bits per heavy atom. The molecule has 0 atom stereocenters. The van der Waals surface area contributed by atoms with Gasteiger partial charge in [-0.2, -0.15) is 0 Å². The molecule has 0 bridgehead atoms. The van der Waals surface area contributed by atoms with Crippen molar-refractivity contribution in [3.63, 3.8) is 0 Å². The third-order valence-corrected chi connectivity index (χ3v) is 3.70. The van der Waals surface area contributed by atoms with Crippen molar-refractivity contribution in [3.8, 4) is 11.5 Å². The molecule has 23 heavy (non-hydrogen) atoms. The van der Waals surface area contributed by atoms with Crippen molar-refractivity contribution in [1.29, 1.82) is 0 Å². The summed E-state index contributed by atoms with van der Waals surface area (Å²) in [5.41, 5.74) is 3.54. The van der Waals surface area contributed by atoms with Gasteiger partial charge in [-0.05, 0) is 44.0 Å². The van der Waals surface area contributed by atoms with Crippen LogP contribution in [0, 0.1) is 6.92 Å². The van der Waals surface area contributed by atoms with Crippen molar-refractivity contribution in [1.82, 2.24) is 15.5 Å². The van der Waals surface area contributed by atoms with Gasteiger partial charge in [0.15, 0.2) is 0 Å². The van der Waals surface area contributed by atoms with Gasteiger partial charge in [-0.1, -0.05) is 48.0 Å². The molecule has 1 aromatic heterocycles. The van der Waals surface area contributed by atoms with Crippen molar-refractivity contribution >= 4 is 0 Å². The van der Waals surface area contributed by atoms with Crippen molar-refractivity contribution < 1.29 is 4.42 Å². The molecule has 4 nitrogen and oxygen atoms in total. The Bertz CT molecular complexity index is 720. The Labute approximate surface area is 136 Å². The van der Waals surface area contributed by atoms with E-state index in [0.717, 1.165) is 24.9 Å². The number of benzene rings is 2. The first-order valence-corrected chi connectivity index (χ1v) is 7.95. The predicted octanol–water partition coefficient (Wildman–Crippen LogP) is 3.77. The zero-order valence-corrected chi connectivity index (χ0v) is 13.3. The molecule has 0 saturated carbocycles. The average Bonchev–Trinajstić information content (AvgIpc) is 3.05. The van der Waals surface area contributed by atoms with E-state index in [2.05, 4.69) is 46.7 Å². The van der Waals surface area contributed by atoms with E-state index in [4.69, 9.17) is 4.42 Å². The summed E-state index contributed by atoms with van der Waals surface area (Å²) >= 11 is 0. The minimum absolute atomic E-state index is 0.575. The van der Waals surface area contributed by atoms with Gasteiger partial charge in [0.2, 0.25) is 11.8 Å². The Morgan fingerprint density at radius 2 is 1.74 bits per heavy atom. The molecule has 4 heteroatoms. The highest BCUT2D eigenvalue weighted by atomic mass is 16.4. The van der Waals surface area contributed by atoms with E-state index < -0.39 is 0 Å². The lowest BCUT2D eigenvalue weighted by Gasteiger charge is -2.02. The number of nitrogens with one attached hydrogen (secondary N) is 1. The van der Waals surface area contributed by atoms with Gasteiger partial charge in [0, 0.05) is 5.56 Å². The van der Waals surface area contributed by atoms with E-state index in [-0.39, 0.29) is 0 Å². The highest BCUT2D eigenvalue weighted by Gasteiger charge is 2.07. The van der Waals surface area contributed by atoms with Crippen LogP contribution in [0.4, 0.5) is 0 Å². The maximum atomic E-state index is 5.69. The first-order valence-electron chi connectivity index (χ1n) is 7.95. The molecule has 0 aliphatic carbocycles. The van der Waals surface area contributed by atoms with Crippen LogP contribution < -0.4 is 5.32 Å². The predicted molar refractivity (Wildman–Crippen MR) is 90.9 cm³/mol. The lowest BCUT2D eigenvalue weighted by atomic mass is 10.1. The molecule has 118 valence electrons. The maximum absolute atomic E-state index is 5.69. The number of aromatic nitrogens is 2. The second kappa shape index (κ2) is 7.70. The Balaban J connectivity index is 1.43. The van der Waals surface area contributed by atoms with Crippen LogP contribution in [0.3, 0.4) is 0 Å². The summed E-state index contributed by atoms with van der Waals surface area (Å²) in [4.78, 5) is 0.